The molecule has 126 valence electrons. The summed E-state index contributed by atoms with van der Waals surface area (Å²) in [7, 11) is 1.38. The zero-order valence-electron chi connectivity index (χ0n) is 13.2. The van der Waals surface area contributed by atoms with Crippen molar-refractivity contribution in [1.29, 1.82) is 0 Å². The quantitative estimate of drug-likeness (QED) is 0.443. The Bertz CT molecular complexity index is 634. The van der Waals surface area contributed by atoms with Crippen molar-refractivity contribution in [3.05, 3.63) is 27.8 Å². The van der Waals surface area contributed by atoms with Crippen LogP contribution in [0.5, 0.6) is 5.75 Å². The van der Waals surface area contributed by atoms with E-state index in [1.54, 1.807) is 6.26 Å². The lowest BCUT2D eigenvalue weighted by Gasteiger charge is -2.18. The SMILES string of the molecule is COc1cc([N+](=O)[O-])c(C(=O)NC(C)C(C)C(=O)O)cc1SC. The van der Waals surface area contributed by atoms with Gasteiger partial charge in [0.1, 0.15) is 11.3 Å². The van der Waals surface area contributed by atoms with Crippen LogP contribution in [0.4, 0.5) is 5.69 Å². The predicted octanol–water partition coefficient (Wildman–Crippen LogP) is 2.16. The van der Waals surface area contributed by atoms with E-state index in [9.17, 15) is 19.7 Å². The molecule has 1 amide bonds. The van der Waals surface area contributed by atoms with Gasteiger partial charge in [0.25, 0.3) is 11.6 Å². The zero-order valence-corrected chi connectivity index (χ0v) is 14.0. The van der Waals surface area contributed by atoms with Crippen molar-refractivity contribution in [2.24, 2.45) is 5.92 Å². The number of nitrogens with one attached hydrogen (secondary N) is 1. The van der Waals surface area contributed by atoms with Gasteiger partial charge in [0.15, 0.2) is 0 Å². The molecule has 0 aromatic heterocycles. The van der Waals surface area contributed by atoms with E-state index in [1.165, 1.54) is 44.9 Å². The highest BCUT2D eigenvalue weighted by molar-refractivity contribution is 7.98. The van der Waals surface area contributed by atoms with Gasteiger partial charge in [-0.2, -0.15) is 0 Å². The third kappa shape index (κ3) is 4.35. The first-order valence-corrected chi connectivity index (χ1v) is 7.89. The predicted molar refractivity (Wildman–Crippen MR) is 85.2 cm³/mol. The van der Waals surface area contributed by atoms with Crippen LogP contribution in [0, 0.1) is 16.0 Å². The highest BCUT2D eigenvalue weighted by Crippen LogP contribution is 2.34. The number of nitrogens with zero attached hydrogens (tertiary/aromatic N) is 1. The lowest BCUT2D eigenvalue weighted by Crippen LogP contribution is -2.40. The van der Waals surface area contributed by atoms with E-state index < -0.39 is 34.4 Å². The molecule has 2 unspecified atom stereocenters. The minimum absolute atomic E-state index is 0.135. The number of nitro benzene ring substituents is 1. The lowest BCUT2D eigenvalue weighted by molar-refractivity contribution is -0.385. The normalized spacial score (nSPS) is 13.0. The summed E-state index contributed by atoms with van der Waals surface area (Å²) in [4.78, 5) is 34.3. The molecule has 1 rings (SSSR count). The molecule has 0 aliphatic heterocycles. The maximum Gasteiger partial charge on any atom is 0.308 e. The number of carboxylic acids is 1. The van der Waals surface area contributed by atoms with Gasteiger partial charge in [-0.1, -0.05) is 0 Å². The number of carbonyl (C=O) groups is 2. The molecule has 0 saturated carbocycles. The molecule has 2 atom stereocenters. The third-order valence-corrected chi connectivity index (χ3v) is 4.20. The van der Waals surface area contributed by atoms with Gasteiger partial charge < -0.3 is 15.2 Å². The van der Waals surface area contributed by atoms with Crippen molar-refractivity contribution in [2.75, 3.05) is 13.4 Å². The van der Waals surface area contributed by atoms with E-state index in [2.05, 4.69) is 5.32 Å². The molecule has 0 aliphatic carbocycles. The molecule has 0 heterocycles. The number of carboxylic acid groups (broad SMARTS) is 1. The number of nitro groups is 1. The van der Waals surface area contributed by atoms with Gasteiger partial charge in [0, 0.05) is 6.04 Å². The van der Waals surface area contributed by atoms with E-state index in [0.29, 0.717) is 10.6 Å². The van der Waals surface area contributed by atoms with Crippen LogP contribution in [0.2, 0.25) is 0 Å². The number of hydrogen-bond acceptors (Lipinski definition) is 6. The van der Waals surface area contributed by atoms with Crippen molar-refractivity contribution in [3.8, 4) is 5.75 Å². The van der Waals surface area contributed by atoms with E-state index in [4.69, 9.17) is 9.84 Å². The minimum atomic E-state index is -1.06. The Hall–Kier alpha value is -2.29. The van der Waals surface area contributed by atoms with Gasteiger partial charge in [0.05, 0.1) is 28.9 Å². The van der Waals surface area contributed by atoms with Gasteiger partial charge in [-0.05, 0) is 26.2 Å². The standard InChI is InChI=1S/C14H18N2O6S/c1-7(14(18)19)8(2)15-13(17)9-5-12(23-4)11(22-3)6-10(9)16(20)21/h5-8H,1-4H3,(H,15,17)(H,18,19). The summed E-state index contributed by atoms with van der Waals surface area (Å²) in [5.74, 6) is -2.29. The molecule has 0 aliphatic rings. The van der Waals surface area contributed by atoms with Crippen LogP contribution in [0.1, 0.15) is 24.2 Å². The molecule has 2 N–H and O–H groups in total. The van der Waals surface area contributed by atoms with Crippen molar-refractivity contribution in [2.45, 2.75) is 24.8 Å². The Morgan fingerprint density at radius 3 is 2.43 bits per heavy atom. The highest BCUT2D eigenvalue weighted by Gasteiger charge is 2.27. The van der Waals surface area contributed by atoms with Crippen LogP contribution in [0.3, 0.4) is 0 Å². The zero-order chi connectivity index (χ0) is 17.7. The summed E-state index contributed by atoms with van der Waals surface area (Å²) in [5.41, 5.74) is -0.531. The van der Waals surface area contributed by atoms with Crippen molar-refractivity contribution in [1.82, 2.24) is 5.32 Å². The smallest absolute Gasteiger partial charge is 0.308 e. The Morgan fingerprint density at radius 1 is 1.39 bits per heavy atom. The first-order chi connectivity index (χ1) is 10.7. The fourth-order valence-electron chi connectivity index (χ4n) is 1.82. The second kappa shape index (κ2) is 7.82. The first-order valence-electron chi connectivity index (χ1n) is 6.67. The molecular formula is C14H18N2O6S. The number of benzene rings is 1. The monoisotopic (exact) mass is 342 g/mol. The average Bonchev–Trinajstić information content (AvgIpc) is 2.51. The molecule has 0 radical (unpaired) electrons. The summed E-state index contributed by atoms with van der Waals surface area (Å²) < 4.78 is 5.08. The molecule has 0 fully saturated rings. The summed E-state index contributed by atoms with van der Waals surface area (Å²) in [6.45, 7) is 2.98. The molecule has 8 nitrogen and oxygen atoms in total. The third-order valence-electron chi connectivity index (χ3n) is 3.44. The molecule has 0 spiro atoms. The number of hydrogen-bond donors (Lipinski definition) is 2. The Morgan fingerprint density at radius 2 is 2.00 bits per heavy atom. The Labute approximate surface area is 137 Å². The Kier molecular flexibility index (Phi) is 6.38. The van der Waals surface area contributed by atoms with Crippen LogP contribution in [-0.4, -0.2) is 41.3 Å². The van der Waals surface area contributed by atoms with Gasteiger partial charge >= 0.3 is 5.97 Å². The van der Waals surface area contributed by atoms with E-state index in [-0.39, 0.29) is 5.56 Å². The first kappa shape index (κ1) is 18.8. The number of thioether (sulfide) groups is 1. The van der Waals surface area contributed by atoms with Gasteiger partial charge in [-0.25, -0.2) is 0 Å². The van der Waals surface area contributed by atoms with Gasteiger partial charge in [-0.3, -0.25) is 19.7 Å². The number of ether oxygens (including phenoxy) is 1. The molecule has 9 heteroatoms. The average molecular weight is 342 g/mol. The van der Waals surface area contributed by atoms with Crippen LogP contribution in [0.15, 0.2) is 17.0 Å². The molecule has 0 saturated heterocycles. The second-order valence-corrected chi connectivity index (χ2v) is 5.72. The lowest BCUT2D eigenvalue weighted by atomic mass is 10.0. The number of amides is 1. The number of carbonyl (C=O) groups excluding carboxylic acids is 1. The molecule has 1 aromatic carbocycles. The Balaban J connectivity index is 3.21. The fourth-order valence-corrected chi connectivity index (χ4v) is 2.40. The minimum Gasteiger partial charge on any atom is -0.495 e. The fraction of sp³-hybridized carbons (Fsp3) is 0.429. The van der Waals surface area contributed by atoms with E-state index in [0.717, 1.165) is 0 Å². The van der Waals surface area contributed by atoms with E-state index in [1.807, 2.05) is 0 Å². The van der Waals surface area contributed by atoms with Crippen LogP contribution >= 0.6 is 11.8 Å². The van der Waals surface area contributed by atoms with Crippen LogP contribution in [-0.2, 0) is 4.79 Å². The molecule has 0 bridgehead atoms. The molecule has 23 heavy (non-hydrogen) atoms. The number of methoxy groups -OCH3 is 1. The van der Waals surface area contributed by atoms with Crippen molar-refractivity contribution < 1.29 is 24.4 Å². The van der Waals surface area contributed by atoms with Crippen LogP contribution in [0.25, 0.3) is 0 Å². The topological polar surface area (TPSA) is 119 Å². The summed E-state index contributed by atoms with van der Waals surface area (Å²) in [6.07, 6.45) is 1.75. The molecular weight excluding hydrogens is 324 g/mol. The summed E-state index contributed by atoms with van der Waals surface area (Å²) >= 11 is 1.28. The highest BCUT2D eigenvalue weighted by atomic mass is 32.2. The maximum atomic E-state index is 12.3. The summed E-state index contributed by atoms with van der Waals surface area (Å²) in [5, 5.41) is 22.6. The summed E-state index contributed by atoms with van der Waals surface area (Å²) in [6, 6.07) is 1.88. The number of aliphatic carboxylic acids is 1. The van der Waals surface area contributed by atoms with E-state index >= 15 is 0 Å². The largest absolute Gasteiger partial charge is 0.495 e. The number of rotatable bonds is 7. The second-order valence-electron chi connectivity index (χ2n) is 4.87. The van der Waals surface area contributed by atoms with Gasteiger partial charge in [0.2, 0.25) is 0 Å². The van der Waals surface area contributed by atoms with Crippen molar-refractivity contribution >= 4 is 29.3 Å². The van der Waals surface area contributed by atoms with Gasteiger partial charge in [-0.15, -0.1) is 11.8 Å². The van der Waals surface area contributed by atoms with Crippen molar-refractivity contribution in [3.63, 3.8) is 0 Å². The van der Waals surface area contributed by atoms with Crippen LogP contribution < -0.4 is 10.1 Å². The molecule has 1 aromatic rings. The maximum absolute atomic E-state index is 12.3.